The molecular formula is C24H20ClN5O3. The maximum absolute atomic E-state index is 13.1. The molecule has 2 aromatic carbocycles. The van der Waals surface area contributed by atoms with E-state index in [1.54, 1.807) is 35.7 Å². The van der Waals surface area contributed by atoms with Crippen LogP contribution in [0.2, 0.25) is 5.02 Å². The van der Waals surface area contributed by atoms with Crippen LogP contribution in [0.3, 0.4) is 0 Å². The van der Waals surface area contributed by atoms with Crippen LogP contribution in [0.25, 0.3) is 27.8 Å². The van der Waals surface area contributed by atoms with Crippen molar-refractivity contribution in [2.24, 2.45) is 0 Å². The minimum Gasteiger partial charge on any atom is -0.493 e. The molecule has 3 aromatic heterocycles. The van der Waals surface area contributed by atoms with Gasteiger partial charge >= 0.3 is 0 Å². The Kier molecular flexibility index (Phi) is 5.43. The monoisotopic (exact) mass is 461 g/mol. The van der Waals surface area contributed by atoms with Gasteiger partial charge in [0.2, 0.25) is 0 Å². The molecule has 3 heterocycles. The lowest BCUT2D eigenvalue weighted by Gasteiger charge is -2.11. The first-order chi connectivity index (χ1) is 16.1. The van der Waals surface area contributed by atoms with Gasteiger partial charge in [-0.3, -0.25) is 4.79 Å². The molecule has 166 valence electrons. The number of rotatable bonds is 6. The maximum Gasteiger partial charge on any atom is 0.280 e. The quantitative estimate of drug-likeness (QED) is 0.380. The number of aryl methyl sites for hydroxylation is 2. The van der Waals surface area contributed by atoms with Crippen molar-refractivity contribution in [3.8, 4) is 22.6 Å². The van der Waals surface area contributed by atoms with Crippen LogP contribution in [0.1, 0.15) is 5.56 Å². The summed E-state index contributed by atoms with van der Waals surface area (Å²) < 4.78 is 13.9. The van der Waals surface area contributed by atoms with Crippen molar-refractivity contribution in [3.05, 3.63) is 81.9 Å². The largest absolute Gasteiger partial charge is 0.493 e. The second kappa shape index (κ2) is 8.55. The molecule has 33 heavy (non-hydrogen) atoms. The number of halogens is 1. The highest BCUT2D eigenvalue weighted by Crippen LogP contribution is 2.28. The van der Waals surface area contributed by atoms with Gasteiger partial charge in [0.05, 0.1) is 20.4 Å². The van der Waals surface area contributed by atoms with Crippen molar-refractivity contribution in [3.63, 3.8) is 0 Å². The number of aromatic nitrogens is 5. The number of nitrogens with zero attached hydrogens (tertiary/aromatic N) is 5. The minimum atomic E-state index is -0.217. The Balaban J connectivity index is 1.47. The van der Waals surface area contributed by atoms with Gasteiger partial charge in [-0.2, -0.15) is 5.10 Å². The molecule has 0 fully saturated rings. The summed E-state index contributed by atoms with van der Waals surface area (Å²) >= 11 is 6.00. The van der Waals surface area contributed by atoms with Crippen LogP contribution in [-0.4, -0.2) is 38.6 Å². The molecule has 0 N–H and O–H groups in total. The lowest BCUT2D eigenvalue weighted by Crippen LogP contribution is -2.22. The van der Waals surface area contributed by atoms with Gasteiger partial charge in [-0.1, -0.05) is 29.8 Å². The Morgan fingerprint density at radius 1 is 0.970 bits per heavy atom. The third-order valence-corrected chi connectivity index (χ3v) is 5.83. The normalized spacial score (nSPS) is 11.2. The van der Waals surface area contributed by atoms with E-state index in [1.165, 1.54) is 0 Å². The molecular weight excluding hydrogens is 442 g/mol. The highest BCUT2D eigenvalue weighted by atomic mass is 35.5. The van der Waals surface area contributed by atoms with E-state index in [4.69, 9.17) is 21.1 Å². The summed E-state index contributed by atoms with van der Waals surface area (Å²) in [7, 11) is 3.20. The molecule has 0 bridgehead atoms. The fraction of sp³-hybridized carbons (Fsp3) is 0.167. The zero-order chi connectivity index (χ0) is 22.9. The lowest BCUT2D eigenvalue weighted by molar-refractivity contribution is 0.354. The number of pyridine rings is 1. The van der Waals surface area contributed by atoms with Gasteiger partial charge in [-0.15, -0.1) is 10.2 Å². The summed E-state index contributed by atoms with van der Waals surface area (Å²) in [4.78, 5) is 13.1. The Hall–Kier alpha value is -3.91. The number of fused-ring (bicyclic) bond motifs is 3. The molecule has 5 aromatic rings. The van der Waals surface area contributed by atoms with Crippen molar-refractivity contribution in [2.45, 2.75) is 13.0 Å². The van der Waals surface area contributed by atoms with E-state index in [1.807, 2.05) is 48.5 Å². The first-order valence-corrected chi connectivity index (χ1v) is 10.7. The van der Waals surface area contributed by atoms with Crippen LogP contribution in [0, 0.1) is 0 Å². The molecule has 0 saturated carbocycles. The van der Waals surface area contributed by atoms with Gasteiger partial charge < -0.3 is 14.0 Å². The number of hydrogen-bond acceptors (Lipinski definition) is 6. The Bertz CT molecular complexity index is 1530. The minimum absolute atomic E-state index is 0.217. The van der Waals surface area contributed by atoms with Gasteiger partial charge in [-0.25, -0.2) is 4.52 Å². The van der Waals surface area contributed by atoms with E-state index in [0.717, 1.165) is 16.7 Å². The standard InChI is InChI=1S/C24H20ClN5O3/c1-32-20-8-3-15(13-21(20)33-2)9-11-29-12-10-19-22(24(29)31)27-28-23-18(14-26-30(19)23)16-4-6-17(25)7-5-16/h3-8,10,12-14H,9,11H2,1-2H3. The van der Waals surface area contributed by atoms with Crippen molar-refractivity contribution < 1.29 is 9.47 Å². The highest BCUT2D eigenvalue weighted by molar-refractivity contribution is 6.30. The molecule has 0 spiro atoms. The molecule has 0 aliphatic carbocycles. The summed E-state index contributed by atoms with van der Waals surface area (Å²) in [6.07, 6.45) is 4.12. The van der Waals surface area contributed by atoms with Gasteiger partial charge in [-0.05, 0) is 47.9 Å². The Morgan fingerprint density at radius 2 is 1.76 bits per heavy atom. The predicted molar refractivity (Wildman–Crippen MR) is 126 cm³/mol. The van der Waals surface area contributed by atoms with E-state index in [2.05, 4.69) is 15.3 Å². The SMILES string of the molecule is COc1ccc(CCn2ccc3c(nnc4c(-c5ccc(Cl)cc5)cnn43)c2=O)cc1OC. The fourth-order valence-electron chi connectivity index (χ4n) is 3.82. The van der Waals surface area contributed by atoms with Crippen molar-refractivity contribution in [1.82, 2.24) is 24.4 Å². The van der Waals surface area contributed by atoms with Gasteiger partial charge in [0.25, 0.3) is 5.56 Å². The van der Waals surface area contributed by atoms with Crippen LogP contribution in [0.5, 0.6) is 11.5 Å². The van der Waals surface area contributed by atoms with E-state index in [0.29, 0.717) is 40.7 Å². The second-order valence-electron chi connectivity index (χ2n) is 7.49. The van der Waals surface area contributed by atoms with Crippen LogP contribution in [-0.2, 0) is 13.0 Å². The summed E-state index contributed by atoms with van der Waals surface area (Å²) in [5, 5.41) is 13.7. The first kappa shape index (κ1) is 21.0. The van der Waals surface area contributed by atoms with E-state index < -0.39 is 0 Å². The number of benzene rings is 2. The van der Waals surface area contributed by atoms with Crippen LogP contribution in [0.4, 0.5) is 0 Å². The average molecular weight is 462 g/mol. The Labute approximate surface area is 194 Å². The summed E-state index contributed by atoms with van der Waals surface area (Å²) in [5.41, 5.74) is 4.00. The number of methoxy groups -OCH3 is 2. The fourth-order valence-corrected chi connectivity index (χ4v) is 3.95. The summed E-state index contributed by atoms with van der Waals surface area (Å²) in [6, 6.07) is 15.0. The topological polar surface area (TPSA) is 83.5 Å². The second-order valence-corrected chi connectivity index (χ2v) is 7.92. The predicted octanol–water partition coefficient (Wildman–Crippen LogP) is 4.02. The summed E-state index contributed by atoms with van der Waals surface area (Å²) in [5.74, 6) is 1.32. The van der Waals surface area contributed by atoms with Crippen molar-refractivity contribution >= 4 is 28.3 Å². The first-order valence-electron chi connectivity index (χ1n) is 10.3. The molecule has 0 amide bonds. The molecule has 0 unspecified atom stereocenters. The zero-order valence-corrected chi connectivity index (χ0v) is 18.8. The lowest BCUT2D eigenvalue weighted by atomic mass is 10.1. The van der Waals surface area contributed by atoms with Crippen LogP contribution < -0.4 is 15.0 Å². The molecule has 0 aliphatic rings. The summed E-state index contributed by atoms with van der Waals surface area (Å²) in [6.45, 7) is 0.485. The smallest absolute Gasteiger partial charge is 0.280 e. The molecule has 0 atom stereocenters. The van der Waals surface area contributed by atoms with Crippen LogP contribution in [0.15, 0.2) is 65.7 Å². The maximum atomic E-state index is 13.1. The number of hydrogen-bond donors (Lipinski definition) is 0. The average Bonchev–Trinajstić information content (AvgIpc) is 3.28. The molecule has 0 radical (unpaired) electrons. The third-order valence-electron chi connectivity index (χ3n) is 5.58. The zero-order valence-electron chi connectivity index (χ0n) is 18.0. The molecule has 0 saturated heterocycles. The van der Waals surface area contributed by atoms with Crippen molar-refractivity contribution in [1.29, 1.82) is 0 Å². The molecule has 8 nitrogen and oxygen atoms in total. The molecule has 5 rings (SSSR count). The number of ether oxygens (including phenoxy) is 2. The van der Waals surface area contributed by atoms with E-state index >= 15 is 0 Å². The van der Waals surface area contributed by atoms with Crippen molar-refractivity contribution in [2.75, 3.05) is 14.2 Å². The van der Waals surface area contributed by atoms with Gasteiger partial charge in [0.1, 0.15) is 5.52 Å². The van der Waals surface area contributed by atoms with Gasteiger partial charge in [0.15, 0.2) is 22.7 Å². The highest BCUT2D eigenvalue weighted by Gasteiger charge is 2.14. The Morgan fingerprint density at radius 3 is 2.52 bits per heavy atom. The third kappa shape index (κ3) is 3.78. The molecule has 0 aliphatic heterocycles. The van der Waals surface area contributed by atoms with Gasteiger partial charge in [0, 0.05) is 23.3 Å². The van der Waals surface area contributed by atoms with E-state index in [9.17, 15) is 4.79 Å². The van der Waals surface area contributed by atoms with E-state index in [-0.39, 0.29) is 11.1 Å². The van der Waals surface area contributed by atoms with Crippen LogP contribution >= 0.6 is 11.6 Å². The molecule has 9 heteroatoms.